The Labute approximate surface area is 123 Å². The van der Waals surface area contributed by atoms with E-state index in [-0.39, 0.29) is 11.2 Å². The minimum atomic E-state index is -0.110. The molecule has 1 aliphatic carbocycles. The van der Waals surface area contributed by atoms with Crippen molar-refractivity contribution in [2.24, 2.45) is 5.41 Å². The lowest BCUT2D eigenvalue weighted by atomic mass is 9.48. The lowest BCUT2D eigenvalue weighted by Gasteiger charge is -2.57. The average molecular weight is 277 g/mol. The summed E-state index contributed by atoms with van der Waals surface area (Å²) in [5, 5.41) is 3.33. The lowest BCUT2D eigenvalue weighted by Crippen LogP contribution is -2.54. The molecule has 112 valence electrons. The zero-order chi connectivity index (χ0) is 14.6. The van der Waals surface area contributed by atoms with Crippen LogP contribution in [0.5, 0.6) is 0 Å². The summed E-state index contributed by atoms with van der Waals surface area (Å²) < 4.78 is 13.6. The first kappa shape index (κ1) is 15.5. The summed E-state index contributed by atoms with van der Waals surface area (Å²) in [7, 11) is 2.00. The molecule has 2 rings (SSSR count). The fourth-order valence-electron chi connectivity index (χ4n) is 4.51. The van der Waals surface area contributed by atoms with Gasteiger partial charge in [-0.25, -0.2) is 4.39 Å². The fraction of sp³-hybridized carbons (Fsp3) is 0.667. The van der Waals surface area contributed by atoms with Crippen molar-refractivity contribution in [3.8, 4) is 0 Å². The quantitative estimate of drug-likeness (QED) is 0.764. The van der Waals surface area contributed by atoms with E-state index in [2.05, 4.69) is 25.2 Å². The molecule has 0 spiro atoms. The second kappa shape index (κ2) is 6.26. The molecular weight excluding hydrogens is 249 g/mol. The third-order valence-corrected chi connectivity index (χ3v) is 4.94. The van der Waals surface area contributed by atoms with Crippen LogP contribution < -0.4 is 5.32 Å². The van der Waals surface area contributed by atoms with Crippen molar-refractivity contribution in [2.75, 3.05) is 13.6 Å². The van der Waals surface area contributed by atoms with Crippen molar-refractivity contribution in [3.63, 3.8) is 0 Å². The molecule has 2 heteroatoms. The largest absolute Gasteiger partial charge is 0.319 e. The molecule has 1 N–H and O–H groups in total. The predicted molar refractivity (Wildman–Crippen MR) is 83.5 cm³/mol. The molecule has 0 aromatic heterocycles. The molecule has 0 bridgehead atoms. The average Bonchev–Trinajstić information content (AvgIpc) is 2.37. The standard InChI is InChI=1S/C18H28FN/c1-4-9-17(10-5-2)12-18(13-17,14-20-3)15-7-6-8-16(19)11-15/h6-8,11,20H,4-5,9-10,12-14H2,1-3H3. The maximum atomic E-state index is 13.6. The molecule has 0 saturated heterocycles. The summed E-state index contributed by atoms with van der Waals surface area (Å²) in [5.74, 6) is -0.110. The van der Waals surface area contributed by atoms with Gasteiger partial charge >= 0.3 is 0 Å². The first-order valence-electron chi connectivity index (χ1n) is 8.00. The van der Waals surface area contributed by atoms with E-state index in [1.165, 1.54) is 44.1 Å². The third kappa shape index (κ3) is 2.90. The van der Waals surface area contributed by atoms with Crippen molar-refractivity contribution in [1.82, 2.24) is 5.32 Å². The number of rotatable bonds is 7. The SMILES string of the molecule is CCCC1(CCC)CC(CNC)(c2cccc(F)c2)C1. The molecule has 1 aromatic rings. The van der Waals surface area contributed by atoms with Gasteiger partial charge in [-0.3, -0.25) is 0 Å². The Morgan fingerprint density at radius 1 is 1.15 bits per heavy atom. The molecule has 1 aliphatic rings. The number of benzene rings is 1. The second-order valence-corrected chi connectivity index (χ2v) is 6.67. The smallest absolute Gasteiger partial charge is 0.123 e. The minimum Gasteiger partial charge on any atom is -0.319 e. The lowest BCUT2D eigenvalue weighted by molar-refractivity contribution is 0.00373. The molecule has 1 saturated carbocycles. The Kier molecular flexibility index (Phi) is 4.85. The van der Waals surface area contributed by atoms with Crippen LogP contribution in [0.1, 0.15) is 57.9 Å². The Morgan fingerprint density at radius 3 is 2.30 bits per heavy atom. The van der Waals surface area contributed by atoms with E-state index in [0.29, 0.717) is 5.41 Å². The van der Waals surface area contributed by atoms with Crippen LogP contribution in [-0.4, -0.2) is 13.6 Å². The Hall–Kier alpha value is -0.890. The van der Waals surface area contributed by atoms with E-state index in [9.17, 15) is 4.39 Å². The van der Waals surface area contributed by atoms with Crippen molar-refractivity contribution >= 4 is 0 Å². The van der Waals surface area contributed by atoms with Gasteiger partial charge < -0.3 is 5.32 Å². The van der Waals surface area contributed by atoms with Crippen molar-refractivity contribution < 1.29 is 4.39 Å². The Balaban J connectivity index is 2.22. The zero-order valence-corrected chi connectivity index (χ0v) is 13.1. The highest BCUT2D eigenvalue weighted by molar-refractivity contribution is 5.32. The van der Waals surface area contributed by atoms with Gasteiger partial charge in [0.15, 0.2) is 0 Å². The molecule has 1 aromatic carbocycles. The van der Waals surface area contributed by atoms with Crippen LogP contribution in [-0.2, 0) is 5.41 Å². The number of likely N-dealkylation sites (N-methyl/N-ethyl adjacent to an activating group) is 1. The molecule has 0 atom stereocenters. The predicted octanol–water partition coefficient (Wildman–Crippen LogP) is 4.66. The van der Waals surface area contributed by atoms with E-state index >= 15 is 0 Å². The van der Waals surface area contributed by atoms with Gasteiger partial charge in [-0.15, -0.1) is 0 Å². The van der Waals surface area contributed by atoms with Gasteiger partial charge in [0.05, 0.1) is 0 Å². The normalized spacial score (nSPS) is 19.6. The van der Waals surface area contributed by atoms with E-state index in [0.717, 1.165) is 6.54 Å². The summed E-state index contributed by atoms with van der Waals surface area (Å²) >= 11 is 0. The van der Waals surface area contributed by atoms with Gasteiger partial charge in [0, 0.05) is 12.0 Å². The molecule has 0 amide bonds. The van der Waals surface area contributed by atoms with Gasteiger partial charge in [0.2, 0.25) is 0 Å². The van der Waals surface area contributed by atoms with Crippen LogP contribution in [0.4, 0.5) is 4.39 Å². The highest BCUT2D eigenvalue weighted by Crippen LogP contribution is 2.60. The zero-order valence-electron chi connectivity index (χ0n) is 13.1. The summed E-state index contributed by atoms with van der Waals surface area (Å²) in [6.45, 7) is 5.50. The first-order valence-corrected chi connectivity index (χ1v) is 8.00. The number of nitrogens with one attached hydrogen (secondary N) is 1. The molecule has 0 aliphatic heterocycles. The van der Waals surface area contributed by atoms with Crippen LogP contribution in [0.3, 0.4) is 0 Å². The molecular formula is C18H28FN. The van der Waals surface area contributed by atoms with Crippen molar-refractivity contribution in [3.05, 3.63) is 35.6 Å². The number of hydrogen-bond acceptors (Lipinski definition) is 1. The molecule has 0 radical (unpaired) electrons. The summed E-state index contributed by atoms with van der Waals surface area (Å²) in [4.78, 5) is 0. The summed E-state index contributed by atoms with van der Waals surface area (Å²) in [5.41, 5.74) is 1.81. The monoisotopic (exact) mass is 277 g/mol. The van der Waals surface area contributed by atoms with Gasteiger partial charge in [-0.2, -0.15) is 0 Å². The second-order valence-electron chi connectivity index (χ2n) is 6.67. The van der Waals surface area contributed by atoms with E-state index < -0.39 is 0 Å². The molecule has 0 heterocycles. The van der Waals surface area contributed by atoms with E-state index in [1.54, 1.807) is 12.1 Å². The summed E-state index contributed by atoms with van der Waals surface area (Å²) in [6.07, 6.45) is 7.51. The molecule has 20 heavy (non-hydrogen) atoms. The molecule has 0 unspecified atom stereocenters. The number of hydrogen-bond donors (Lipinski definition) is 1. The van der Waals surface area contributed by atoms with Gasteiger partial charge in [-0.1, -0.05) is 38.8 Å². The van der Waals surface area contributed by atoms with E-state index in [4.69, 9.17) is 0 Å². The fourth-order valence-corrected chi connectivity index (χ4v) is 4.51. The molecule has 1 nitrogen and oxygen atoms in total. The Bertz CT molecular complexity index is 427. The van der Waals surface area contributed by atoms with E-state index in [1.807, 2.05) is 13.1 Å². The van der Waals surface area contributed by atoms with Gasteiger partial charge in [0.25, 0.3) is 0 Å². The van der Waals surface area contributed by atoms with Crippen LogP contribution >= 0.6 is 0 Å². The first-order chi connectivity index (χ1) is 9.60. The van der Waals surface area contributed by atoms with Crippen LogP contribution in [0.25, 0.3) is 0 Å². The molecule has 1 fully saturated rings. The van der Waals surface area contributed by atoms with Gasteiger partial charge in [0.1, 0.15) is 5.82 Å². The minimum absolute atomic E-state index is 0.110. The third-order valence-electron chi connectivity index (χ3n) is 4.94. The number of halogens is 1. The maximum absolute atomic E-state index is 13.6. The highest BCUT2D eigenvalue weighted by atomic mass is 19.1. The topological polar surface area (TPSA) is 12.0 Å². The Morgan fingerprint density at radius 2 is 1.80 bits per heavy atom. The maximum Gasteiger partial charge on any atom is 0.123 e. The summed E-state index contributed by atoms with van der Waals surface area (Å²) in [6, 6.07) is 7.23. The highest BCUT2D eigenvalue weighted by Gasteiger charge is 2.53. The van der Waals surface area contributed by atoms with Crippen molar-refractivity contribution in [1.29, 1.82) is 0 Å². The van der Waals surface area contributed by atoms with Gasteiger partial charge in [-0.05, 0) is 55.8 Å². The van der Waals surface area contributed by atoms with Crippen molar-refractivity contribution in [2.45, 2.75) is 57.8 Å². The van der Waals surface area contributed by atoms with Crippen LogP contribution in [0.15, 0.2) is 24.3 Å². The van der Waals surface area contributed by atoms with Crippen LogP contribution in [0, 0.1) is 11.2 Å². The van der Waals surface area contributed by atoms with Crippen LogP contribution in [0.2, 0.25) is 0 Å².